The van der Waals surface area contributed by atoms with Gasteiger partial charge in [0.15, 0.2) is 0 Å². The molecule has 0 aromatic carbocycles. The zero-order valence-corrected chi connectivity index (χ0v) is 11.6. The zero-order chi connectivity index (χ0) is 13.1. The van der Waals surface area contributed by atoms with E-state index in [4.69, 9.17) is 9.47 Å². The van der Waals surface area contributed by atoms with Crippen molar-refractivity contribution in [3.05, 3.63) is 17.5 Å². The van der Waals surface area contributed by atoms with Gasteiger partial charge in [-0.15, -0.1) is 0 Å². The van der Waals surface area contributed by atoms with E-state index in [1.165, 1.54) is 5.56 Å². The Labute approximate surface area is 108 Å². The van der Waals surface area contributed by atoms with Crippen molar-refractivity contribution >= 4 is 0 Å². The summed E-state index contributed by atoms with van der Waals surface area (Å²) in [5, 5.41) is 7.86. The summed E-state index contributed by atoms with van der Waals surface area (Å²) >= 11 is 0. The van der Waals surface area contributed by atoms with E-state index in [1.54, 1.807) is 7.11 Å². The lowest BCUT2D eigenvalue weighted by atomic mass is 9.85. The maximum atomic E-state index is 5.61. The SMILES string of the molecule is CCOC1CC(NCc2cn(C)nc2C)C1OC. The molecule has 1 aliphatic carbocycles. The lowest BCUT2D eigenvalue weighted by molar-refractivity contribution is -0.131. The van der Waals surface area contributed by atoms with Crippen LogP contribution < -0.4 is 5.32 Å². The lowest BCUT2D eigenvalue weighted by Gasteiger charge is -2.43. The summed E-state index contributed by atoms with van der Waals surface area (Å²) in [7, 11) is 3.70. The van der Waals surface area contributed by atoms with Gasteiger partial charge in [-0.25, -0.2) is 0 Å². The molecule has 102 valence electrons. The summed E-state index contributed by atoms with van der Waals surface area (Å²) in [4.78, 5) is 0. The minimum absolute atomic E-state index is 0.168. The van der Waals surface area contributed by atoms with Crippen LogP contribution in [0.1, 0.15) is 24.6 Å². The van der Waals surface area contributed by atoms with E-state index in [1.807, 2.05) is 25.6 Å². The van der Waals surface area contributed by atoms with Crippen molar-refractivity contribution < 1.29 is 9.47 Å². The molecule has 18 heavy (non-hydrogen) atoms. The predicted molar refractivity (Wildman–Crippen MR) is 69.4 cm³/mol. The van der Waals surface area contributed by atoms with Gasteiger partial charge in [-0.05, 0) is 20.3 Å². The van der Waals surface area contributed by atoms with Gasteiger partial charge in [0.2, 0.25) is 0 Å². The molecule has 1 saturated carbocycles. The maximum Gasteiger partial charge on any atom is 0.0986 e. The normalized spacial score (nSPS) is 27.2. The molecule has 5 heteroatoms. The molecule has 3 unspecified atom stereocenters. The summed E-state index contributed by atoms with van der Waals surface area (Å²) in [5.41, 5.74) is 2.33. The third-order valence-electron chi connectivity index (χ3n) is 3.57. The van der Waals surface area contributed by atoms with Crippen molar-refractivity contribution in [2.24, 2.45) is 7.05 Å². The molecular weight excluding hydrogens is 230 g/mol. The van der Waals surface area contributed by atoms with Crippen LogP contribution >= 0.6 is 0 Å². The van der Waals surface area contributed by atoms with Gasteiger partial charge in [-0.1, -0.05) is 0 Å². The van der Waals surface area contributed by atoms with Crippen molar-refractivity contribution in [3.8, 4) is 0 Å². The average molecular weight is 253 g/mol. The molecule has 0 radical (unpaired) electrons. The third kappa shape index (κ3) is 2.74. The van der Waals surface area contributed by atoms with Gasteiger partial charge < -0.3 is 14.8 Å². The molecule has 1 heterocycles. The molecular formula is C13H23N3O2. The number of nitrogens with one attached hydrogen (secondary N) is 1. The lowest BCUT2D eigenvalue weighted by Crippen LogP contribution is -2.59. The van der Waals surface area contributed by atoms with Gasteiger partial charge in [0, 0.05) is 45.1 Å². The first kappa shape index (κ1) is 13.5. The Balaban J connectivity index is 1.83. The first-order valence-electron chi connectivity index (χ1n) is 6.52. The molecule has 0 aliphatic heterocycles. The monoisotopic (exact) mass is 253 g/mol. The summed E-state index contributed by atoms with van der Waals surface area (Å²) in [6, 6.07) is 0.381. The summed E-state index contributed by atoms with van der Waals surface area (Å²) < 4.78 is 12.9. The highest BCUT2D eigenvalue weighted by atomic mass is 16.5. The van der Waals surface area contributed by atoms with E-state index in [0.717, 1.165) is 25.3 Å². The van der Waals surface area contributed by atoms with Crippen LogP contribution in [-0.4, -0.2) is 41.7 Å². The van der Waals surface area contributed by atoms with Crippen molar-refractivity contribution in [1.29, 1.82) is 0 Å². The number of ether oxygens (including phenoxy) is 2. The number of methoxy groups -OCH3 is 1. The largest absolute Gasteiger partial charge is 0.377 e. The number of hydrogen-bond donors (Lipinski definition) is 1. The molecule has 1 aromatic rings. The van der Waals surface area contributed by atoms with Crippen LogP contribution in [0.5, 0.6) is 0 Å². The zero-order valence-electron chi connectivity index (χ0n) is 11.6. The van der Waals surface area contributed by atoms with Gasteiger partial charge in [-0.2, -0.15) is 5.10 Å². The third-order valence-corrected chi connectivity index (χ3v) is 3.57. The van der Waals surface area contributed by atoms with Gasteiger partial charge in [0.05, 0.1) is 17.9 Å². The van der Waals surface area contributed by atoms with Crippen LogP contribution in [0.3, 0.4) is 0 Å². The van der Waals surface area contributed by atoms with Crippen molar-refractivity contribution in [2.45, 2.75) is 45.1 Å². The van der Waals surface area contributed by atoms with E-state index in [9.17, 15) is 0 Å². The Kier molecular flexibility index (Phi) is 4.37. The van der Waals surface area contributed by atoms with Gasteiger partial charge >= 0.3 is 0 Å². The quantitative estimate of drug-likeness (QED) is 0.822. The molecule has 0 amide bonds. The Morgan fingerprint density at radius 1 is 1.56 bits per heavy atom. The fourth-order valence-electron chi connectivity index (χ4n) is 2.54. The molecule has 5 nitrogen and oxygen atoms in total. The van der Waals surface area contributed by atoms with E-state index >= 15 is 0 Å². The molecule has 0 spiro atoms. The Bertz CT molecular complexity index is 392. The molecule has 1 fully saturated rings. The maximum absolute atomic E-state index is 5.61. The van der Waals surface area contributed by atoms with E-state index in [0.29, 0.717) is 6.04 Å². The van der Waals surface area contributed by atoms with Crippen LogP contribution in [0.2, 0.25) is 0 Å². The number of aryl methyl sites for hydroxylation is 2. The smallest absolute Gasteiger partial charge is 0.0986 e. The van der Waals surface area contributed by atoms with Crippen molar-refractivity contribution in [3.63, 3.8) is 0 Å². The van der Waals surface area contributed by atoms with Crippen molar-refractivity contribution in [1.82, 2.24) is 15.1 Å². The number of aromatic nitrogens is 2. The second-order valence-corrected chi connectivity index (χ2v) is 4.83. The van der Waals surface area contributed by atoms with Gasteiger partial charge in [-0.3, -0.25) is 4.68 Å². The van der Waals surface area contributed by atoms with Gasteiger partial charge in [0.1, 0.15) is 0 Å². The minimum Gasteiger partial charge on any atom is -0.377 e. The Hall–Kier alpha value is -0.910. The van der Waals surface area contributed by atoms with Crippen LogP contribution in [-0.2, 0) is 23.1 Å². The molecule has 1 aromatic heterocycles. The van der Waals surface area contributed by atoms with Gasteiger partial charge in [0.25, 0.3) is 0 Å². The molecule has 3 atom stereocenters. The molecule has 0 saturated heterocycles. The van der Waals surface area contributed by atoms with E-state index in [-0.39, 0.29) is 12.2 Å². The molecule has 1 N–H and O–H groups in total. The fraction of sp³-hybridized carbons (Fsp3) is 0.769. The Morgan fingerprint density at radius 3 is 2.89 bits per heavy atom. The summed E-state index contributed by atoms with van der Waals surface area (Å²) in [5.74, 6) is 0. The number of hydrogen-bond acceptors (Lipinski definition) is 4. The minimum atomic E-state index is 0.168. The molecule has 2 rings (SSSR count). The Morgan fingerprint density at radius 2 is 2.33 bits per heavy atom. The van der Waals surface area contributed by atoms with E-state index in [2.05, 4.69) is 16.6 Å². The standard InChI is InChI=1S/C13H23N3O2/c1-5-18-12-6-11(13(12)17-4)14-7-10-8-16(3)15-9(10)2/h8,11-14H,5-7H2,1-4H3. The topological polar surface area (TPSA) is 48.3 Å². The first-order valence-corrected chi connectivity index (χ1v) is 6.52. The van der Waals surface area contributed by atoms with Crippen LogP contribution in [0.25, 0.3) is 0 Å². The highest BCUT2D eigenvalue weighted by molar-refractivity contribution is 5.15. The predicted octanol–water partition coefficient (Wildman–Crippen LogP) is 1.01. The first-order chi connectivity index (χ1) is 8.65. The number of nitrogens with zero attached hydrogens (tertiary/aromatic N) is 2. The highest BCUT2D eigenvalue weighted by Gasteiger charge is 2.41. The average Bonchev–Trinajstić information content (AvgIpc) is 2.62. The van der Waals surface area contributed by atoms with Crippen LogP contribution in [0.15, 0.2) is 6.20 Å². The molecule has 1 aliphatic rings. The highest BCUT2D eigenvalue weighted by Crippen LogP contribution is 2.27. The van der Waals surface area contributed by atoms with Crippen LogP contribution in [0.4, 0.5) is 0 Å². The summed E-state index contributed by atoms with van der Waals surface area (Å²) in [6.45, 7) is 5.64. The van der Waals surface area contributed by atoms with Crippen LogP contribution in [0, 0.1) is 6.92 Å². The second kappa shape index (κ2) is 5.82. The van der Waals surface area contributed by atoms with E-state index < -0.39 is 0 Å². The second-order valence-electron chi connectivity index (χ2n) is 4.83. The van der Waals surface area contributed by atoms with Crippen molar-refractivity contribution in [2.75, 3.05) is 13.7 Å². The summed E-state index contributed by atoms with van der Waals surface area (Å²) in [6.07, 6.45) is 3.49. The molecule has 0 bridgehead atoms. The fourth-order valence-corrected chi connectivity index (χ4v) is 2.54. The number of rotatable bonds is 6.